The smallest absolute Gasteiger partial charge is 0.340 e. The van der Waals surface area contributed by atoms with Crippen LogP contribution in [0.1, 0.15) is 73.6 Å². The Labute approximate surface area is 203 Å². The molecule has 2 aliphatic rings. The van der Waals surface area contributed by atoms with Gasteiger partial charge < -0.3 is 19.9 Å². The van der Waals surface area contributed by atoms with Crippen molar-refractivity contribution >= 4 is 17.6 Å². The molecule has 9 nitrogen and oxygen atoms in total. The largest absolute Gasteiger partial charge is 0.569 e. The van der Waals surface area contributed by atoms with E-state index in [0.29, 0.717) is 27.7 Å². The molecule has 1 saturated heterocycles. The van der Waals surface area contributed by atoms with Gasteiger partial charge in [-0.25, -0.2) is 4.79 Å². The van der Waals surface area contributed by atoms with Gasteiger partial charge in [-0.15, -0.1) is 5.01 Å². The van der Waals surface area contributed by atoms with Crippen molar-refractivity contribution in [3.05, 3.63) is 68.6 Å². The zero-order valence-corrected chi connectivity index (χ0v) is 20.3. The Kier molecular flexibility index (Phi) is 6.95. The predicted molar refractivity (Wildman–Crippen MR) is 124 cm³/mol. The van der Waals surface area contributed by atoms with E-state index in [0.717, 1.165) is 29.5 Å². The first-order chi connectivity index (χ1) is 16.3. The van der Waals surface area contributed by atoms with E-state index in [4.69, 9.17) is 21.2 Å². The Hall–Kier alpha value is -2.91. The van der Waals surface area contributed by atoms with E-state index in [2.05, 4.69) is 10.3 Å². The second-order valence-corrected chi connectivity index (χ2v) is 9.26. The summed E-state index contributed by atoms with van der Waals surface area (Å²) < 4.78 is 6.10. The number of aromatic nitrogens is 1. The predicted octanol–water partition coefficient (Wildman–Crippen LogP) is 5.04. The van der Waals surface area contributed by atoms with Gasteiger partial charge in [0.15, 0.2) is 0 Å². The summed E-state index contributed by atoms with van der Waals surface area (Å²) in [7, 11) is 0. The fourth-order valence-electron chi connectivity index (χ4n) is 5.01. The number of carboxylic acid groups (broad SMARTS) is 1. The zero-order valence-electron chi connectivity index (χ0n) is 19.5. The first-order valence-electron chi connectivity index (χ1n) is 11.5. The highest BCUT2D eigenvalue weighted by Crippen LogP contribution is 2.47. The number of hydrogen-bond acceptors (Lipinski definition) is 6. The van der Waals surface area contributed by atoms with Crippen LogP contribution < -0.4 is 0 Å². The molecule has 10 heteroatoms. The molecular weight excluding hydrogens is 460 g/mol. The number of benzene rings is 1. The maximum absolute atomic E-state index is 13.0. The summed E-state index contributed by atoms with van der Waals surface area (Å²) in [4.78, 5) is 23.0. The zero-order chi connectivity index (χ0) is 24.5. The van der Waals surface area contributed by atoms with Gasteiger partial charge >= 0.3 is 5.97 Å². The first-order valence-corrected chi connectivity index (χ1v) is 11.9. The van der Waals surface area contributed by atoms with Gasteiger partial charge in [0.05, 0.1) is 18.1 Å². The van der Waals surface area contributed by atoms with Crippen LogP contribution in [0.25, 0.3) is 0 Å². The van der Waals surface area contributed by atoms with Crippen molar-refractivity contribution in [3.63, 3.8) is 0 Å². The van der Waals surface area contributed by atoms with Gasteiger partial charge in [-0.3, -0.25) is 4.98 Å². The van der Waals surface area contributed by atoms with Crippen LogP contribution in [-0.4, -0.2) is 38.7 Å². The monoisotopic (exact) mass is 488 g/mol. The molecule has 0 aliphatic carbocycles. The molecule has 1 unspecified atom stereocenters. The number of fused-ring (bicyclic) bond motifs is 1. The molecule has 1 fully saturated rings. The average Bonchev–Trinajstić information content (AvgIpc) is 3.44. The van der Waals surface area contributed by atoms with Crippen molar-refractivity contribution < 1.29 is 24.4 Å². The van der Waals surface area contributed by atoms with Crippen LogP contribution in [0.15, 0.2) is 35.7 Å². The van der Waals surface area contributed by atoms with Crippen molar-refractivity contribution in [2.45, 2.75) is 70.8 Å². The molecule has 0 saturated carbocycles. The average molecular weight is 489 g/mol. The number of hydrazine groups is 1. The topological polar surface area (TPSA) is 110 Å². The summed E-state index contributed by atoms with van der Waals surface area (Å²) in [6.45, 7) is 6.04. The normalized spacial score (nSPS) is 23.1. The van der Waals surface area contributed by atoms with E-state index in [9.17, 15) is 15.1 Å². The van der Waals surface area contributed by atoms with Gasteiger partial charge in [-0.1, -0.05) is 37.1 Å². The van der Waals surface area contributed by atoms with Crippen molar-refractivity contribution in [2.24, 2.45) is 5.28 Å². The van der Waals surface area contributed by atoms with Gasteiger partial charge in [0, 0.05) is 28.0 Å². The second-order valence-electron chi connectivity index (χ2n) is 8.83. The lowest BCUT2D eigenvalue weighted by Crippen LogP contribution is -2.52. The summed E-state index contributed by atoms with van der Waals surface area (Å²) in [5.74, 6) is -1.13. The molecule has 3 atom stereocenters. The molecule has 0 spiro atoms. The fourth-order valence-corrected chi connectivity index (χ4v) is 5.14. The number of aryl methyl sites for hydroxylation is 1. The molecule has 4 rings (SSSR count). The van der Waals surface area contributed by atoms with Gasteiger partial charge in [0.1, 0.15) is 12.2 Å². The summed E-state index contributed by atoms with van der Waals surface area (Å²) in [6, 6.07) is 7.33. The van der Waals surface area contributed by atoms with Gasteiger partial charge in [-0.05, 0) is 56.4 Å². The van der Waals surface area contributed by atoms with Crippen LogP contribution >= 0.6 is 11.6 Å². The number of pyridine rings is 1. The van der Waals surface area contributed by atoms with Crippen molar-refractivity contribution in [1.82, 2.24) is 9.99 Å². The molecule has 1 aromatic heterocycles. The van der Waals surface area contributed by atoms with E-state index in [1.54, 1.807) is 25.3 Å². The van der Waals surface area contributed by atoms with Crippen LogP contribution in [0.2, 0.25) is 5.02 Å². The summed E-state index contributed by atoms with van der Waals surface area (Å²) in [6.07, 6.45) is 3.45. The first kappa shape index (κ1) is 24.2. The third-order valence-corrected chi connectivity index (χ3v) is 6.83. The highest BCUT2D eigenvalue weighted by molar-refractivity contribution is 6.30. The summed E-state index contributed by atoms with van der Waals surface area (Å²) in [5, 5.41) is 29.0. The molecule has 3 heterocycles. The highest BCUT2D eigenvalue weighted by atomic mass is 35.5. The van der Waals surface area contributed by atoms with E-state index < -0.39 is 17.6 Å². The number of aliphatic carboxylic acids is 1. The summed E-state index contributed by atoms with van der Waals surface area (Å²) in [5.41, 5.74) is 1.84. The molecule has 0 radical (unpaired) electrons. The highest BCUT2D eigenvalue weighted by Gasteiger charge is 2.57. The van der Waals surface area contributed by atoms with Gasteiger partial charge in [0.2, 0.25) is 10.8 Å². The van der Waals surface area contributed by atoms with E-state index >= 15 is 0 Å². The third kappa shape index (κ3) is 4.18. The minimum absolute atomic E-state index is 0.213. The lowest BCUT2D eigenvalue weighted by atomic mass is 9.82. The molecular formula is C24H29ClN4O5. The van der Waals surface area contributed by atoms with E-state index in [-0.39, 0.29) is 25.7 Å². The summed E-state index contributed by atoms with van der Waals surface area (Å²) >= 11 is 6.03. The second kappa shape index (κ2) is 9.76. The Balaban J connectivity index is 1.77. The Morgan fingerprint density at radius 1 is 1.47 bits per heavy atom. The van der Waals surface area contributed by atoms with Gasteiger partial charge in [-0.2, -0.15) is 0 Å². The third-order valence-electron chi connectivity index (χ3n) is 6.57. The molecule has 34 heavy (non-hydrogen) atoms. The van der Waals surface area contributed by atoms with Crippen LogP contribution in [0, 0.1) is 12.1 Å². The standard InChI is InChI=1S/C24H29ClN4O5/c1-4-6-15(2)34-27-29(32)28-12-5-11-24(28,23(30)31)21-16(3)26-13-19-20(21)14-33-22(19)17-7-9-18(25)10-8-17/h7-10,13,15,22H,4-6,11-12,14H2,1-3H3,(H,30,31)/t15?,22-,24+/m0/s1. The van der Waals surface area contributed by atoms with Crippen LogP contribution in [0.3, 0.4) is 0 Å². The van der Waals surface area contributed by atoms with E-state index in [1.807, 2.05) is 26.0 Å². The molecule has 0 bridgehead atoms. The van der Waals surface area contributed by atoms with Gasteiger partial charge in [0.25, 0.3) is 0 Å². The number of ether oxygens (including phenoxy) is 1. The van der Waals surface area contributed by atoms with Crippen LogP contribution in [0.5, 0.6) is 0 Å². The number of hydrogen-bond donors (Lipinski definition) is 1. The number of nitrogens with zero attached hydrogens (tertiary/aromatic N) is 4. The molecule has 1 N–H and O–H groups in total. The van der Waals surface area contributed by atoms with E-state index in [1.165, 1.54) is 5.01 Å². The lowest BCUT2D eigenvalue weighted by Gasteiger charge is -2.33. The Morgan fingerprint density at radius 2 is 2.21 bits per heavy atom. The molecule has 182 valence electrons. The quantitative estimate of drug-likeness (QED) is 0.315. The lowest BCUT2D eigenvalue weighted by molar-refractivity contribution is -0.723. The number of carboxylic acids is 1. The number of halogens is 1. The molecule has 2 aliphatic heterocycles. The molecule has 2 aromatic rings. The van der Waals surface area contributed by atoms with Crippen molar-refractivity contribution in [1.29, 1.82) is 0 Å². The molecule has 0 amide bonds. The van der Waals surface area contributed by atoms with Crippen molar-refractivity contribution in [2.75, 3.05) is 6.54 Å². The number of carbonyl (C=O) groups is 1. The maximum Gasteiger partial charge on any atom is 0.340 e. The molecule has 1 aromatic carbocycles. The SMILES string of the molecule is CCCC(C)ON=[N+]([O-])N1CCC[C@]1(C(=O)O)c1c(C)ncc2c1CO[C@H]2c1ccc(Cl)cc1. The Bertz CT molecular complexity index is 1090. The van der Waals surface area contributed by atoms with Crippen molar-refractivity contribution in [3.8, 4) is 0 Å². The minimum Gasteiger partial charge on any atom is -0.569 e. The minimum atomic E-state index is -1.62. The van der Waals surface area contributed by atoms with Crippen LogP contribution in [0.4, 0.5) is 0 Å². The Morgan fingerprint density at radius 3 is 2.88 bits per heavy atom. The fraction of sp³-hybridized carbons (Fsp3) is 0.500. The van der Waals surface area contributed by atoms with Crippen LogP contribution in [-0.2, 0) is 26.5 Å². The maximum atomic E-state index is 13.0. The number of rotatable bonds is 8.